The largest absolute Gasteiger partial charge is 0.322 e. The number of rotatable bonds is 6. The highest BCUT2D eigenvalue weighted by atomic mass is 35.5. The minimum atomic E-state index is -2.94. The normalized spacial score (nSPS) is 18.1. The number of nitrogens with zero attached hydrogens (tertiary/aromatic N) is 2. The number of sulfone groups is 1. The number of carbonyl (C=O) groups is 1. The number of benzene rings is 2. The van der Waals surface area contributed by atoms with Gasteiger partial charge in [0.15, 0.2) is 9.84 Å². The average Bonchev–Trinajstić information content (AvgIpc) is 3.58. The second kappa shape index (κ2) is 9.17. The highest BCUT2D eigenvalue weighted by molar-refractivity contribution is 7.91. The predicted octanol–water partition coefficient (Wildman–Crippen LogP) is 4.40. The first-order chi connectivity index (χ1) is 16.3. The summed E-state index contributed by atoms with van der Waals surface area (Å²) < 4.78 is 23.3. The van der Waals surface area contributed by atoms with E-state index in [1.807, 2.05) is 29.2 Å². The molecule has 34 heavy (non-hydrogen) atoms. The van der Waals surface area contributed by atoms with Crippen molar-refractivity contribution in [3.8, 4) is 11.3 Å². The number of hydrogen-bond acceptors (Lipinski definition) is 5. The summed E-state index contributed by atoms with van der Waals surface area (Å²) in [5.74, 6) is 0.701. The zero-order chi connectivity index (χ0) is 23.9. The van der Waals surface area contributed by atoms with E-state index in [0.29, 0.717) is 41.8 Å². The first kappa shape index (κ1) is 23.1. The average molecular weight is 499 g/mol. The van der Waals surface area contributed by atoms with Crippen molar-refractivity contribution in [3.63, 3.8) is 0 Å². The molecule has 1 amide bonds. The molecule has 3 aromatic rings. The number of anilines is 1. The minimum Gasteiger partial charge on any atom is -0.322 e. The van der Waals surface area contributed by atoms with E-state index in [0.717, 1.165) is 16.8 Å². The fourth-order valence-electron chi connectivity index (χ4n) is 4.36. The third kappa shape index (κ3) is 5.04. The van der Waals surface area contributed by atoms with Gasteiger partial charge in [0.1, 0.15) is 0 Å². The molecule has 0 radical (unpaired) electrons. The Morgan fingerprint density at radius 2 is 1.85 bits per heavy atom. The third-order valence-corrected chi connectivity index (χ3v) is 8.57. The van der Waals surface area contributed by atoms with E-state index < -0.39 is 9.84 Å². The lowest BCUT2D eigenvalue weighted by molar-refractivity contribution is 0.102. The maximum absolute atomic E-state index is 12.9. The number of nitrogens with one attached hydrogen (secondary N) is 2. The Bertz CT molecular complexity index is 1320. The Labute approximate surface area is 204 Å². The van der Waals surface area contributed by atoms with Crippen molar-refractivity contribution in [1.29, 1.82) is 0 Å². The molecule has 2 heterocycles. The molecule has 2 fully saturated rings. The van der Waals surface area contributed by atoms with Crippen molar-refractivity contribution in [3.05, 3.63) is 69.9 Å². The molecule has 178 valence electrons. The van der Waals surface area contributed by atoms with E-state index in [1.54, 1.807) is 18.2 Å². The molecule has 1 aliphatic carbocycles. The number of aromatic amines is 1. The Morgan fingerprint density at radius 1 is 1.15 bits per heavy atom. The highest BCUT2D eigenvalue weighted by Crippen LogP contribution is 2.42. The highest BCUT2D eigenvalue weighted by Gasteiger charge is 2.28. The molecular formula is C25H27ClN4O3S. The lowest BCUT2D eigenvalue weighted by Crippen LogP contribution is -2.39. The van der Waals surface area contributed by atoms with E-state index in [1.165, 1.54) is 24.1 Å². The summed E-state index contributed by atoms with van der Waals surface area (Å²) in [5, 5.41) is 11.2. The fourth-order valence-corrected chi connectivity index (χ4v) is 5.82. The molecule has 9 heteroatoms. The molecule has 0 spiro atoms. The van der Waals surface area contributed by atoms with Crippen molar-refractivity contribution in [2.75, 3.05) is 29.9 Å². The molecule has 1 aliphatic heterocycles. The molecule has 2 N–H and O–H groups in total. The maximum atomic E-state index is 12.9. The minimum absolute atomic E-state index is 0.153. The van der Waals surface area contributed by atoms with Crippen LogP contribution in [0.25, 0.3) is 11.3 Å². The smallest absolute Gasteiger partial charge is 0.255 e. The van der Waals surface area contributed by atoms with Gasteiger partial charge in [-0.2, -0.15) is 5.10 Å². The van der Waals surface area contributed by atoms with E-state index in [-0.39, 0.29) is 17.4 Å². The van der Waals surface area contributed by atoms with Gasteiger partial charge >= 0.3 is 0 Å². The van der Waals surface area contributed by atoms with E-state index in [9.17, 15) is 13.2 Å². The van der Waals surface area contributed by atoms with E-state index >= 15 is 0 Å². The summed E-state index contributed by atoms with van der Waals surface area (Å²) in [7, 11) is -2.94. The first-order valence-corrected chi connectivity index (χ1v) is 13.7. The van der Waals surface area contributed by atoms with Gasteiger partial charge in [-0.3, -0.25) is 14.8 Å². The van der Waals surface area contributed by atoms with Crippen LogP contribution < -0.4 is 5.32 Å². The maximum Gasteiger partial charge on any atom is 0.255 e. The lowest BCUT2D eigenvalue weighted by Gasteiger charge is -2.27. The van der Waals surface area contributed by atoms with Crippen LogP contribution in [0.5, 0.6) is 0 Å². The molecule has 0 atom stereocenters. The second-order valence-electron chi connectivity index (χ2n) is 9.15. The Balaban J connectivity index is 1.25. The molecule has 2 aromatic carbocycles. The molecule has 7 nitrogen and oxygen atoms in total. The van der Waals surface area contributed by atoms with Gasteiger partial charge in [-0.1, -0.05) is 23.7 Å². The number of aromatic nitrogens is 2. The number of carbonyl (C=O) groups excluding carboxylic acids is 1. The predicted molar refractivity (Wildman–Crippen MR) is 134 cm³/mol. The Hall–Kier alpha value is -2.68. The molecule has 1 saturated carbocycles. The second-order valence-corrected chi connectivity index (χ2v) is 11.9. The molecule has 0 bridgehead atoms. The van der Waals surface area contributed by atoms with Gasteiger partial charge < -0.3 is 5.32 Å². The summed E-state index contributed by atoms with van der Waals surface area (Å²) in [6.07, 6.45) is 2.44. The van der Waals surface area contributed by atoms with Crippen molar-refractivity contribution in [2.24, 2.45) is 0 Å². The molecular weight excluding hydrogens is 472 g/mol. The van der Waals surface area contributed by atoms with Crippen molar-refractivity contribution >= 4 is 33.0 Å². The topological polar surface area (TPSA) is 95.2 Å². The van der Waals surface area contributed by atoms with Crippen molar-refractivity contribution < 1.29 is 13.2 Å². The number of halogens is 1. The van der Waals surface area contributed by atoms with Gasteiger partial charge in [0, 0.05) is 53.1 Å². The summed E-state index contributed by atoms with van der Waals surface area (Å²) >= 11 is 6.36. The third-order valence-electron chi connectivity index (χ3n) is 6.59. The van der Waals surface area contributed by atoms with Crippen LogP contribution in [0.15, 0.2) is 42.5 Å². The van der Waals surface area contributed by atoms with E-state index in [4.69, 9.17) is 11.6 Å². The van der Waals surface area contributed by atoms with Gasteiger partial charge in [0.25, 0.3) is 5.91 Å². The van der Waals surface area contributed by atoms with Gasteiger partial charge in [0.05, 0.1) is 17.2 Å². The molecule has 5 rings (SSSR count). The van der Waals surface area contributed by atoms with Crippen LogP contribution in [-0.2, 0) is 16.4 Å². The molecule has 0 unspecified atom stereocenters. The summed E-state index contributed by atoms with van der Waals surface area (Å²) in [5.41, 5.74) is 6.40. The van der Waals surface area contributed by atoms with Gasteiger partial charge in [-0.15, -0.1) is 0 Å². The Morgan fingerprint density at radius 3 is 2.53 bits per heavy atom. The number of H-pyrrole nitrogens is 1. The van der Waals surface area contributed by atoms with Crippen LogP contribution in [0.1, 0.15) is 45.9 Å². The van der Waals surface area contributed by atoms with Crippen LogP contribution in [0.3, 0.4) is 0 Å². The summed E-state index contributed by atoms with van der Waals surface area (Å²) in [6, 6.07) is 12.9. The molecule has 1 aromatic heterocycles. The summed E-state index contributed by atoms with van der Waals surface area (Å²) in [4.78, 5) is 14.9. The monoisotopic (exact) mass is 498 g/mol. The standard InChI is InChI=1S/C25H27ClN4O3S/c1-16-23(17-2-3-17)28-29-24(16)18-4-7-21(8-5-18)27-25(31)19-6-9-22(26)20(14-19)15-30-10-12-34(32,33)13-11-30/h4-9,14,17H,2-3,10-13,15H2,1H3,(H,27,31)(H,28,29). The van der Waals surface area contributed by atoms with Crippen LogP contribution in [0.4, 0.5) is 5.69 Å². The quantitative estimate of drug-likeness (QED) is 0.525. The van der Waals surface area contributed by atoms with Crippen molar-refractivity contribution in [2.45, 2.75) is 32.2 Å². The summed E-state index contributed by atoms with van der Waals surface area (Å²) in [6.45, 7) is 3.55. The SMILES string of the molecule is Cc1c(-c2ccc(NC(=O)c3ccc(Cl)c(CN4CCS(=O)(=O)CC4)c3)cc2)n[nH]c1C1CC1. The fraction of sp³-hybridized carbons (Fsp3) is 0.360. The van der Waals surface area contributed by atoms with Crippen LogP contribution >= 0.6 is 11.6 Å². The van der Waals surface area contributed by atoms with Gasteiger partial charge in [0.2, 0.25) is 0 Å². The van der Waals surface area contributed by atoms with Gasteiger partial charge in [-0.05, 0) is 61.2 Å². The van der Waals surface area contributed by atoms with Crippen LogP contribution in [-0.4, -0.2) is 54.0 Å². The lowest BCUT2D eigenvalue weighted by atomic mass is 10.0. The zero-order valence-electron chi connectivity index (χ0n) is 19.0. The van der Waals surface area contributed by atoms with Crippen LogP contribution in [0.2, 0.25) is 5.02 Å². The Kier molecular flexibility index (Phi) is 6.22. The first-order valence-electron chi connectivity index (χ1n) is 11.5. The number of amides is 1. The molecule has 2 aliphatic rings. The number of hydrogen-bond donors (Lipinski definition) is 2. The van der Waals surface area contributed by atoms with Gasteiger partial charge in [-0.25, -0.2) is 8.42 Å². The van der Waals surface area contributed by atoms with Crippen molar-refractivity contribution in [1.82, 2.24) is 15.1 Å². The zero-order valence-corrected chi connectivity index (χ0v) is 20.5. The van der Waals surface area contributed by atoms with Crippen LogP contribution in [0, 0.1) is 6.92 Å². The van der Waals surface area contributed by atoms with E-state index in [2.05, 4.69) is 22.4 Å². The molecule has 1 saturated heterocycles.